The van der Waals surface area contributed by atoms with E-state index >= 15 is 0 Å². The van der Waals surface area contributed by atoms with Gasteiger partial charge in [0.1, 0.15) is 23.3 Å². The van der Waals surface area contributed by atoms with Gasteiger partial charge < -0.3 is 9.52 Å². The van der Waals surface area contributed by atoms with Crippen LogP contribution in [0.25, 0.3) is 11.0 Å². The molecule has 0 bridgehead atoms. The van der Waals surface area contributed by atoms with E-state index in [4.69, 9.17) is 27.6 Å². The third kappa shape index (κ3) is 3.05. The van der Waals surface area contributed by atoms with Crippen molar-refractivity contribution in [3.8, 4) is 0 Å². The monoisotopic (exact) mass is 324 g/mol. The molecule has 5 heteroatoms. The highest BCUT2D eigenvalue weighted by Gasteiger charge is 2.15. The van der Waals surface area contributed by atoms with Crippen LogP contribution in [-0.2, 0) is 6.42 Å². The molecule has 0 fully saturated rings. The molecule has 1 heterocycles. The van der Waals surface area contributed by atoms with Crippen LogP contribution in [0.4, 0.5) is 4.39 Å². The Kier molecular flexibility index (Phi) is 3.89. The summed E-state index contributed by atoms with van der Waals surface area (Å²) >= 11 is 11.8. The molecule has 2 aromatic carbocycles. The number of hydrogen-bond donors (Lipinski definition) is 1. The standard InChI is InChI=1S/C16H11Cl2FO2/c17-12-3-1-9(5-13(12)18)6-14(20)16-8-10-7-11(19)2-4-15(10)21-16/h1-5,7-8,14,20H,6H2. The average molecular weight is 325 g/mol. The maximum Gasteiger partial charge on any atom is 0.134 e. The summed E-state index contributed by atoms with van der Waals surface area (Å²) in [5.41, 5.74) is 1.38. The zero-order valence-electron chi connectivity index (χ0n) is 10.8. The number of furan rings is 1. The van der Waals surface area contributed by atoms with Crippen LogP contribution in [0, 0.1) is 5.82 Å². The van der Waals surface area contributed by atoms with Crippen LogP contribution in [-0.4, -0.2) is 5.11 Å². The second-order valence-electron chi connectivity index (χ2n) is 4.80. The Balaban J connectivity index is 1.85. The first-order chi connectivity index (χ1) is 10.0. The highest BCUT2D eigenvalue weighted by Crippen LogP contribution is 2.29. The van der Waals surface area contributed by atoms with Gasteiger partial charge in [0.2, 0.25) is 0 Å². The van der Waals surface area contributed by atoms with Gasteiger partial charge in [0, 0.05) is 11.8 Å². The van der Waals surface area contributed by atoms with Crippen LogP contribution in [0.3, 0.4) is 0 Å². The molecular weight excluding hydrogens is 314 g/mol. The minimum Gasteiger partial charge on any atom is -0.458 e. The van der Waals surface area contributed by atoms with Gasteiger partial charge in [-0.25, -0.2) is 4.39 Å². The Bertz CT molecular complexity index is 798. The molecule has 0 spiro atoms. The van der Waals surface area contributed by atoms with Crippen molar-refractivity contribution in [2.75, 3.05) is 0 Å². The first-order valence-electron chi connectivity index (χ1n) is 6.34. The minimum atomic E-state index is -0.835. The summed E-state index contributed by atoms with van der Waals surface area (Å²) < 4.78 is 18.7. The molecule has 1 unspecified atom stereocenters. The Morgan fingerprint density at radius 1 is 1.05 bits per heavy atom. The summed E-state index contributed by atoms with van der Waals surface area (Å²) in [7, 11) is 0. The first-order valence-corrected chi connectivity index (χ1v) is 7.09. The van der Waals surface area contributed by atoms with Crippen molar-refractivity contribution in [1.29, 1.82) is 0 Å². The van der Waals surface area contributed by atoms with Gasteiger partial charge in [0.05, 0.1) is 10.0 Å². The molecule has 108 valence electrons. The summed E-state index contributed by atoms with van der Waals surface area (Å²) in [4.78, 5) is 0. The molecule has 21 heavy (non-hydrogen) atoms. The Morgan fingerprint density at radius 3 is 2.62 bits per heavy atom. The van der Waals surface area contributed by atoms with Crippen molar-refractivity contribution < 1.29 is 13.9 Å². The third-order valence-corrected chi connectivity index (χ3v) is 3.98. The molecule has 2 nitrogen and oxygen atoms in total. The SMILES string of the molecule is OC(Cc1ccc(Cl)c(Cl)c1)c1cc2cc(F)ccc2o1. The summed E-state index contributed by atoms with van der Waals surface area (Å²) in [6, 6.07) is 11.0. The molecule has 3 rings (SSSR count). The predicted molar refractivity (Wildman–Crippen MR) is 81.3 cm³/mol. The quantitative estimate of drug-likeness (QED) is 0.722. The molecule has 1 N–H and O–H groups in total. The van der Waals surface area contributed by atoms with Crippen LogP contribution in [0.5, 0.6) is 0 Å². The van der Waals surface area contributed by atoms with Gasteiger partial charge in [-0.05, 0) is 42.0 Å². The van der Waals surface area contributed by atoms with Gasteiger partial charge in [0.25, 0.3) is 0 Å². The highest BCUT2D eigenvalue weighted by molar-refractivity contribution is 6.42. The van der Waals surface area contributed by atoms with Gasteiger partial charge in [-0.3, -0.25) is 0 Å². The van der Waals surface area contributed by atoms with E-state index in [1.165, 1.54) is 12.1 Å². The minimum absolute atomic E-state index is 0.333. The molecule has 0 saturated carbocycles. The molecule has 0 radical (unpaired) electrons. The number of rotatable bonds is 3. The maximum atomic E-state index is 13.1. The Morgan fingerprint density at radius 2 is 1.86 bits per heavy atom. The molecule has 1 aromatic heterocycles. The molecule has 0 aliphatic heterocycles. The van der Waals surface area contributed by atoms with Crippen LogP contribution < -0.4 is 0 Å². The second-order valence-corrected chi connectivity index (χ2v) is 5.61. The first kappa shape index (κ1) is 14.4. The van der Waals surface area contributed by atoms with Crippen molar-refractivity contribution in [3.63, 3.8) is 0 Å². The molecule has 0 aliphatic carbocycles. The Hall–Kier alpha value is -1.55. The third-order valence-electron chi connectivity index (χ3n) is 3.24. The van der Waals surface area contributed by atoms with E-state index in [-0.39, 0.29) is 5.82 Å². The maximum absolute atomic E-state index is 13.1. The molecule has 1 atom stereocenters. The number of aliphatic hydroxyl groups excluding tert-OH is 1. The Labute approximate surface area is 130 Å². The van der Waals surface area contributed by atoms with Gasteiger partial charge in [-0.15, -0.1) is 0 Å². The van der Waals surface area contributed by atoms with Gasteiger partial charge in [0.15, 0.2) is 0 Å². The fourth-order valence-electron chi connectivity index (χ4n) is 2.19. The molecule has 0 amide bonds. The fourth-order valence-corrected chi connectivity index (χ4v) is 2.51. The summed E-state index contributed by atoms with van der Waals surface area (Å²) in [5, 5.41) is 11.8. The van der Waals surface area contributed by atoms with E-state index in [0.717, 1.165) is 5.56 Å². The lowest BCUT2D eigenvalue weighted by molar-refractivity contribution is 0.152. The van der Waals surface area contributed by atoms with E-state index in [2.05, 4.69) is 0 Å². The number of halogens is 3. The topological polar surface area (TPSA) is 33.4 Å². The van der Waals surface area contributed by atoms with Crippen molar-refractivity contribution in [2.24, 2.45) is 0 Å². The molecule has 0 aliphatic rings. The average Bonchev–Trinajstić information content (AvgIpc) is 2.86. The summed E-state index contributed by atoms with van der Waals surface area (Å²) in [6.07, 6.45) is -0.503. The van der Waals surface area contributed by atoms with Crippen LogP contribution in [0.15, 0.2) is 46.9 Å². The number of fused-ring (bicyclic) bond motifs is 1. The predicted octanol–water partition coefficient (Wildman–Crippen LogP) is 5.15. The zero-order valence-corrected chi connectivity index (χ0v) is 12.3. The molecule has 3 aromatic rings. The number of hydrogen-bond acceptors (Lipinski definition) is 2. The summed E-state index contributed by atoms with van der Waals surface area (Å²) in [6.45, 7) is 0. The van der Waals surface area contributed by atoms with Crippen molar-refractivity contribution in [2.45, 2.75) is 12.5 Å². The summed E-state index contributed by atoms with van der Waals surface area (Å²) in [5.74, 6) is 0.0514. The van der Waals surface area contributed by atoms with E-state index < -0.39 is 6.10 Å². The van der Waals surface area contributed by atoms with Crippen LogP contribution >= 0.6 is 23.2 Å². The van der Waals surface area contributed by atoms with Crippen LogP contribution in [0.2, 0.25) is 10.0 Å². The lowest BCUT2D eigenvalue weighted by Crippen LogP contribution is -2.00. The van der Waals surface area contributed by atoms with E-state index in [1.807, 2.05) is 0 Å². The van der Waals surface area contributed by atoms with Gasteiger partial charge in [-0.2, -0.15) is 0 Å². The molecular formula is C16H11Cl2FO2. The number of benzene rings is 2. The van der Waals surface area contributed by atoms with Gasteiger partial charge >= 0.3 is 0 Å². The van der Waals surface area contributed by atoms with E-state index in [9.17, 15) is 9.50 Å². The fraction of sp³-hybridized carbons (Fsp3) is 0.125. The lowest BCUT2D eigenvalue weighted by Gasteiger charge is -2.08. The van der Waals surface area contributed by atoms with E-state index in [0.29, 0.717) is 33.2 Å². The second kappa shape index (κ2) is 5.68. The highest BCUT2D eigenvalue weighted by atomic mass is 35.5. The number of aliphatic hydroxyl groups is 1. The lowest BCUT2D eigenvalue weighted by atomic mass is 10.1. The van der Waals surface area contributed by atoms with E-state index in [1.54, 1.807) is 30.3 Å². The smallest absolute Gasteiger partial charge is 0.134 e. The zero-order chi connectivity index (χ0) is 15.0. The van der Waals surface area contributed by atoms with Crippen molar-refractivity contribution in [1.82, 2.24) is 0 Å². The molecule has 0 saturated heterocycles. The van der Waals surface area contributed by atoms with Crippen LogP contribution in [0.1, 0.15) is 17.4 Å². The normalized spacial score (nSPS) is 12.8. The largest absolute Gasteiger partial charge is 0.458 e. The van der Waals surface area contributed by atoms with Gasteiger partial charge in [-0.1, -0.05) is 29.3 Å². The van der Waals surface area contributed by atoms with Crippen molar-refractivity contribution in [3.05, 3.63) is 69.7 Å². The van der Waals surface area contributed by atoms with Crippen molar-refractivity contribution >= 4 is 34.2 Å².